The minimum atomic E-state index is -0.392. The van der Waals surface area contributed by atoms with E-state index in [2.05, 4.69) is 5.32 Å². The van der Waals surface area contributed by atoms with Crippen molar-refractivity contribution >= 4 is 12.2 Å². The first-order chi connectivity index (χ1) is 5.29. The molecular weight excluding hydrogens is 146 g/mol. The van der Waals surface area contributed by atoms with Crippen LogP contribution in [0.15, 0.2) is 16.7 Å². The lowest BCUT2D eigenvalue weighted by Gasteiger charge is -1.93. The number of amides is 1. The number of hydrogen-bond donors (Lipinski definition) is 1. The third-order valence-corrected chi connectivity index (χ3v) is 1.26. The molecule has 0 aromatic carbocycles. The largest absolute Gasteiger partial charge is 0.458 e. The first kappa shape index (κ1) is 7.53. The summed E-state index contributed by atoms with van der Waals surface area (Å²) < 4.78 is 4.76. The van der Waals surface area contributed by atoms with Gasteiger partial charge in [0.1, 0.15) is 0 Å². The maximum atomic E-state index is 10.9. The van der Waals surface area contributed by atoms with Gasteiger partial charge in [-0.2, -0.15) is 0 Å². The van der Waals surface area contributed by atoms with Crippen LogP contribution in [0, 0.1) is 0 Å². The minimum Gasteiger partial charge on any atom is -0.458 e. The predicted molar refractivity (Wildman–Crippen MR) is 37.5 cm³/mol. The Balaban J connectivity index is 3.01. The Morgan fingerprint density at radius 2 is 2.45 bits per heavy atom. The highest BCUT2D eigenvalue weighted by molar-refractivity contribution is 5.98. The summed E-state index contributed by atoms with van der Waals surface area (Å²) in [6.07, 6.45) is 1.88. The summed E-state index contributed by atoms with van der Waals surface area (Å²) in [4.78, 5) is 21.2. The molecule has 1 aromatic heterocycles. The van der Waals surface area contributed by atoms with Crippen LogP contribution in [-0.2, 0) is 0 Å². The molecule has 1 rings (SSSR count). The molecule has 0 unspecified atom stereocenters. The second-order valence-corrected chi connectivity index (χ2v) is 1.90. The van der Waals surface area contributed by atoms with Crippen molar-refractivity contribution in [3.05, 3.63) is 23.7 Å². The van der Waals surface area contributed by atoms with Gasteiger partial charge in [-0.3, -0.25) is 9.59 Å². The lowest BCUT2D eigenvalue weighted by Crippen LogP contribution is -2.18. The van der Waals surface area contributed by atoms with E-state index in [1.807, 2.05) is 0 Å². The van der Waals surface area contributed by atoms with Crippen LogP contribution >= 0.6 is 0 Å². The lowest BCUT2D eigenvalue weighted by molar-refractivity contribution is 0.0929. The fourth-order valence-electron chi connectivity index (χ4n) is 0.710. The molecule has 0 bridgehead atoms. The SMILES string of the molecule is CNC(=O)c1occc1C=O. The molecule has 0 saturated carbocycles. The normalized spacial score (nSPS) is 9.18. The van der Waals surface area contributed by atoms with Crippen LogP contribution in [-0.4, -0.2) is 19.2 Å². The average molecular weight is 153 g/mol. The Morgan fingerprint density at radius 1 is 1.73 bits per heavy atom. The highest BCUT2D eigenvalue weighted by Crippen LogP contribution is 2.06. The zero-order chi connectivity index (χ0) is 8.27. The molecule has 0 aliphatic heterocycles. The van der Waals surface area contributed by atoms with E-state index in [1.165, 1.54) is 19.4 Å². The quantitative estimate of drug-likeness (QED) is 0.627. The zero-order valence-corrected chi connectivity index (χ0v) is 5.96. The van der Waals surface area contributed by atoms with Gasteiger partial charge in [0.15, 0.2) is 6.29 Å². The number of rotatable bonds is 2. The highest BCUT2D eigenvalue weighted by atomic mass is 16.3. The Labute approximate surface area is 63.2 Å². The van der Waals surface area contributed by atoms with Gasteiger partial charge >= 0.3 is 0 Å². The van der Waals surface area contributed by atoms with E-state index >= 15 is 0 Å². The molecular formula is C7H7NO3. The van der Waals surface area contributed by atoms with Crippen molar-refractivity contribution < 1.29 is 14.0 Å². The Morgan fingerprint density at radius 3 is 3.00 bits per heavy atom. The smallest absolute Gasteiger partial charge is 0.287 e. The molecule has 0 saturated heterocycles. The lowest BCUT2D eigenvalue weighted by atomic mass is 10.2. The van der Waals surface area contributed by atoms with Crippen molar-refractivity contribution in [1.82, 2.24) is 5.32 Å². The van der Waals surface area contributed by atoms with Crippen LogP contribution in [0.4, 0.5) is 0 Å². The number of aldehydes is 1. The third-order valence-electron chi connectivity index (χ3n) is 1.26. The van der Waals surface area contributed by atoms with Crippen LogP contribution in [0.1, 0.15) is 20.9 Å². The molecule has 0 aliphatic carbocycles. The Hall–Kier alpha value is -1.58. The molecule has 0 aliphatic rings. The Kier molecular flexibility index (Phi) is 2.06. The van der Waals surface area contributed by atoms with E-state index in [9.17, 15) is 9.59 Å². The molecule has 1 N–H and O–H groups in total. The van der Waals surface area contributed by atoms with Crippen LogP contribution < -0.4 is 5.32 Å². The van der Waals surface area contributed by atoms with Crippen LogP contribution in [0.5, 0.6) is 0 Å². The maximum Gasteiger partial charge on any atom is 0.287 e. The standard InChI is InChI=1S/C7H7NO3/c1-8-7(10)6-5(4-9)2-3-11-6/h2-4H,1H3,(H,8,10). The molecule has 4 heteroatoms. The van der Waals surface area contributed by atoms with Gasteiger partial charge in [0.25, 0.3) is 5.91 Å². The predicted octanol–water partition coefficient (Wildman–Crippen LogP) is 0.452. The first-order valence-corrected chi connectivity index (χ1v) is 3.04. The molecule has 0 radical (unpaired) electrons. The summed E-state index contributed by atoms with van der Waals surface area (Å²) in [5.74, 6) is -0.334. The second-order valence-electron chi connectivity index (χ2n) is 1.90. The summed E-state index contributed by atoms with van der Waals surface area (Å²) in [5.41, 5.74) is 0.268. The van der Waals surface area contributed by atoms with Crippen molar-refractivity contribution in [2.75, 3.05) is 7.05 Å². The van der Waals surface area contributed by atoms with Crippen LogP contribution in [0.25, 0.3) is 0 Å². The molecule has 0 fully saturated rings. The molecule has 1 amide bonds. The summed E-state index contributed by atoms with van der Waals surface area (Å²) in [6, 6.07) is 1.44. The molecule has 58 valence electrons. The summed E-state index contributed by atoms with van der Waals surface area (Å²) in [7, 11) is 1.47. The number of furan rings is 1. The van der Waals surface area contributed by atoms with Gasteiger partial charge in [-0.15, -0.1) is 0 Å². The molecule has 1 heterocycles. The summed E-state index contributed by atoms with van der Waals surface area (Å²) in [5, 5.41) is 2.35. The van der Waals surface area contributed by atoms with Gasteiger partial charge < -0.3 is 9.73 Å². The van der Waals surface area contributed by atoms with E-state index in [4.69, 9.17) is 4.42 Å². The Bertz CT molecular complexity index is 277. The summed E-state index contributed by atoms with van der Waals surface area (Å²) >= 11 is 0. The van der Waals surface area contributed by atoms with E-state index in [1.54, 1.807) is 0 Å². The molecule has 4 nitrogen and oxygen atoms in total. The van der Waals surface area contributed by atoms with Gasteiger partial charge in [-0.1, -0.05) is 0 Å². The van der Waals surface area contributed by atoms with Crippen molar-refractivity contribution in [3.8, 4) is 0 Å². The monoisotopic (exact) mass is 153 g/mol. The van der Waals surface area contributed by atoms with Gasteiger partial charge in [-0.05, 0) is 6.07 Å². The fourth-order valence-corrected chi connectivity index (χ4v) is 0.710. The molecule has 0 atom stereocenters. The summed E-state index contributed by atoms with van der Waals surface area (Å²) in [6.45, 7) is 0. The fraction of sp³-hybridized carbons (Fsp3) is 0.143. The van der Waals surface area contributed by atoms with E-state index in [0.717, 1.165) is 0 Å². The topological polar surface area (TPSA) is 59.3 Å². The van der Waals surface area contributed by atoms with Crippen molar-refractivity contribution in [2.24, 2.45) is 0 Å². The van der Waals surface area contributed by atoms with Crippen LogP contribution in [0.2, 0.25) is 0 Å². The number of carbonyl (C=O) groups excluding carboxylic acids is 2. The minimum absolute atomic E-state index is 0.0579. The molecule has 0 spiro atoms. The van der Waals surface area contributed by atoms with Crippen molar-refractivity contribution in [2.45, 2.75) is 0 Å². The number of carbonyl (C=O) groups is 2. The van der Waals surface area contributed by atoms with Crippen molar-refractivity contribution in [3.63, 3.8) is 0 Å². The average Bonchev–Trinajstić information content (AvgIpc) is 2.50. The second kappa shape index (κ2) is 3.01. The first-order valence-electron chi connectivity index (χ1n) is 3.04. The molecule has 11 heavy (non-hydrogen) atoms. The van der Waals surface area contributed by atoms with Crippen molar-refractivity contribution in [1.29, 1.82) is 0 Å². The highest BCUT2D eigenvalue weighted by Gasteiger charge is 2.11. The van der Waals surface area contributed by atoms with E-state index in [0.29, 0.717) is 6.29 Å². The van der Waals surface area contributed by atoms with Gasteiger partial charge in [0.2, 0.25) is 5.76 Å². The van der Waals surface area contributed by atoms with E-state index in [-0.39, 0.29) is 11.3 Å². The van der Waals surface area contributed by atoms with Crippen LogP contribution in [0.3, 0.4) is 0 Å². The van der Waals surface area contributed by atoms with E-state index < -0.39 is 5.91 Å². The third kappa shape index (κ3) is 1.29. The van der Waals surface area contributed by atoms with Gasteiger partial charge in [0.05, 0.1) is 11.8 Å². The van der Waals surface area contributed by atoms with Gasteiger partial charge in [0, 0.05) is 7.05 Å². The molecule has 1 aromatic rings. The maximum absolute atomic E-state index is 10.9. The number of nitrogens with one attached hydrogen (secondary N) is 1. The van der Waals surface area contributed by atoms with Gasteiger partial charge in [-0.25, -0.2) is 0 Å². The number of hydrogen-bond acceptors (Lipinski definition) is 3. The zero-order valence-electron chi connectivity index (χ0n) is 5.96.